The van der Waals surface area contributed by atoms with Crippen molar-refractivity contribution in [1.29, 1.82) is 0 Å². The average Bonchev–Trinajstić information content (AvgIpc) is 1.94. The molecule has 1 unspecified atom stereocenters. The average molecular weight is 277 g/mol. The standard InChI is InChI=1S/C6H17NO7P2/c1-5(2)7(6(3)4)13-16(11,12)14-15(8,9)10/h5-6H,1-4H3,(H,11,12)(H2,8,9,10). The van der Waals surface area contributed by atoms with Gasteiger partial charge in [0.2, 0.25) is 0 Å². The number of hydrogen-bond acceptors (Lipinski definition) is 5. The van der Waals surface area contributed by atoms with Crippen molar-refractivity contribution in [1.82, 2.24) is 5.06 Å². The summed E-state index contributed by atoms with van der Waals surface area (Å²) in [5, 5.41) is 1.12. The summed E-state index contributed by atoms with van der Waals surface area (Å²) < 4.78 is 29.9. The van der Waals surface area contributed by atoms with Crippen molar-refractivity contribution in [2.75, 3.05) is 0 Å². The fourth-order valence-corrected chi connectivity index (χ4v) is 2.86. The van der Waals surface area contributed by atoms with E-state index in [4.69, 9.17) is 14.7 Å². The van der Waals surface area contributed by atoms with Gasteiger partial charge in [0, 0.05) is 12.1 Å². The second kappa shape index (κ2) is 5.71. The fraction of sp³-hybridized carbons (Fsp3) is 1.00. The van der Waals surface area contributed by atoms with Crippen LogP contribution in [0.2, 0.25) is 0 Å². The van der Waals surface area contributed by atoms with Gasteiger partial charge in [0.1, 0.15) is 0 Å². The Morgan fingerprint density at radius 2 is 1.38 bits per heavy atom. The number of nitrogens with zero attached hydrogens (tertiary/aromatic N) is 1. The smallest absolute Gasteiger partial charge is 0.302 e. The van der Waals surface area contributed by atoms with Crippen LogP contribution in [0.4, 0.5) is 0 Å². The fourth-order valence-electron chi connectivity index (χ4n) is 1.05. The predicted octanol–water partition coefficient (Wildman–Crippen LogP) is 1.25. The second-order valence-electron chi connectivity index (χ2n) is 3.67. The van der Waals surface area contributed by atoms with Crippen LogP contribution in [0.1, 0.15) is 27.7 Å². The monoisotopic (exact) mass is 277 g/mol. The maximum absolute atomic E-state index is 11.2. The van der Waals surface area contributed by atoms with E-state index in [-0.39, 0.29) is 12.1 Å². The quantitative estimate of drug-likeness (QED) is 0.490. The molecule has 0 aromatic heterocycles. The number of phosphoric acid groups is 2. The molecule has 0 aromatic rings. The molecule has 0 amide bonds. The van der Waals surface area contributed by atoms with Crippen molar-refractivity contribution in [3.8, 4) is 0 Å². The minimum absolute atomic E-state index is 0.249. The SMILES string of the molecule is CC(C)N(OP(=O)(O)OP(=O)(O)O)C(C)C. The van der Waals surface area contributed by atoms with Gasteiger partial charge in [-0.05, 0) is 27.7 Å². The first-order valence-electron chi connectivity index (χ1n) is 4.52. The van der Waals surface area contributed by atoms with E-state index in [9.17, 15) is 9.13 Å². The van der Waals surface area contributed by atoms with Crippen LogP contribution in [0, 0.1) is 0 Å². The molecule has 10 heteroatoms. The van der Waals surface area contributed by atoms with Crippen LogP contribution < -0.4 is 0 Å². The summed E-state index contributed by atoms with van der Waals surface area (Å²) in [7, 11) is -9.88. The van der Waals surface area contributed by atoms with Crippen molar-refractivity contribution in [3.05, 3.63) is 0 Å². The molecule has 0 radical (unpaired) electrons. The molecule has 98 valence electrons. The highest BCUT2D eigenvalue weighted by atomic mass is 31.3. The maximum Gasteiger partial charge on any atom is 0.497 e. The molecule has 0 spiro atoms. The highest BCUT2D eigenvalue weighted by Gasteiger charge is 2.36. The maximum atomic E-state index is 11.2. The number of rotatable bonds is 6. The summed E-state index contributed by atoms with van der Waals surface area (Å²) in [5.41, 5.74) is 0. The van der Waals surface area contributed by atoms with Crippen LogP contribution in [-0.4, -0.2) is 31.8 Å². The molecule has 0 fully saturated rings. The predicted molar refractivity (Wildman–Crippen MR) is 56.2 cm³/mol. The zero-order valence-electron chi connectivity index (χ0n) is 9.47. The van der Waals surface area contributed by atoms with Crippen LogP contribution in [0.15, 0.2) is 0 Å². The summed E-state index contributed by atoms with van der Waals surface area (Å²) in [6.45, 7) is 6.77. The number of hydrogen-bond donors (Lipinski definition) is 3. The lowest BCUT2D eigenvalue weighted by Gasteiger charge is -2.29. The van der Waals surface area contributed by atoms with Crippen LogP contribution in [-0.2, 0) is 18.1 Å². The summed E-state index contributed by atoms with van der Waals surface area (Å²) >= 11 is 0. The normalized spacial score (nSPS) is 17.1. The Bertz CT molecular complexity index is 304. The highest BCUT2D eigenvalue weighted by Crippen LogP contribution is 2.58. The van der Waals surface area contributed by atoms with Crippen molar-refractivity contribution in [3.63, 3.8) is 0 Å². The minimum atomic E-state index is -5.07. The van der Waals surface area contributed by atoms with Crippen molar-refractivity contribution >= 4 is 15.6 Å². The Morgan fingerprint density at radius 3 is 1.62 bits per heavy atom. The first-order chi connectivity index (χ1) is 6.94. The van der Waals surface area contributed by atoms with Gasteiger partial charge < -0.3 is 14.7 Å². The van der Waals surface area contributed by atoms with Gasteiger partial charge >= 0.3 is 15.6 Å². The summed E-state index contributed by atoms with van der Waals surface area (Å²) in [5.74, 6) is 0. The van der Waals surface area contributed by atoms with E-state index < -0.39 is 15.6 Å². The van der Waals surface area contributed by atoms with E-state index in [0.717, 1.165) is 5.06 Å². The van der Waals surface area contributed by atoms with Gasteiger partial charge in [0.05, 0.1) is 0 Å². The molecule has 0 aromatic carbocycles. The van der Waals surface area contributed by atoms with E-state index in [1.165, 1.54) is 0 Å². The van der Waals surface area contributed by atoms with E-state index in [1.807, 2.05) is 0 Å². The Balaban J connectivity index is 4.67. The molecule has 0 saturated carbocycles. The molecule has 0 aliphatic rings. The Kier molecular flexibility index (Phi) is 5.79. The highest BCUT2D eigenvalue weighted by molar-refractivity contribution is 7.60. The van der Waals surface area contributed by atoms with Gasteiger partial charge in [-0.3, -0.25) is 0 Å². The van der Waals surface area contributed by atoms with E-state index >= 15 is 0 Å². The van der Waals surface area contributed by atoms with Crippen LogP contribution >= 0.6 is 15.6 Å². The van der Waals surface area contributed by atoms with Crippen LogP contribution in [0.25, 0.3) is 0 Å². The van der Waals surface area contributed by atoms with Crippen molar-refractivity contribution in [2.24, 2.45) is 0 Å². The largest absolute Gasteiger partial charge is 0.497 e. The molecule has 3 N–H and O–H groups in total. The van der Waals surface area contributed by atoms with Gasteiger partial charge in [-0.1, -0.05) is 0 Å². The third kappa shape index (κ3) is 6.73. The zero-order chi connectivity index (χ0) is 13.1. The molecule has 1 atom stereocenters. The van der Waals surface area contributed by atoms with Crippen molar-refractivity contribution < 1.29 is 32.7 Å². The molecule has 0 aliphatic carbocycles. The lowest BCUT2D eigenvalue weighted by Crippen LogP contribution is -2.36. The lowest BCUT2D eigenvalue weighted by atomic mass is 10.3. The first-order valence-corrected chi connectivity index (χ1v) is 7.55. The Labute approximate surface area is 94.0 Å². The van der Waals surface area contributed by atoms with Crippen molar-refractivity contribution in [2.45, 2.75) is 39.8 Å². The molecule has 0 rings (SSSR count). The summed E-state index contributed by atoms with van der Waals surface area (Å²) in [6, 6.07) is -0.498. The van der Waals surface area contributed by atoms with Crippen LogP contribution in [0.5, 0.6) is 0 Å². The van der Waals surface area contributed by atoms with E-state index in [2.05, 4.69) is 8.94 Å². The molecule has 0 heterocycles. The molecular formula is C6H17NO7P2. The topological polar surface area (TPSA) is 117 Å². The third-order valence-electron chi connectivity index (χ3n) is 1.42. The van der Waals surface area contributed by atoms with Gasteiger partial charge in [0.25, 0.3) is 0 Å². The summed E-state index contributed by atoms with van der Waals surface area (Å²) in [4.78, 5) is 25.9. The molecule has 8 nitrogen and oxygen atoms in total. The summed E-state index contributed by atoms with van der Waals surface area (Å²) in [6.07, 6.45) is 0. The Hall–Kier alpha value is 0.220. The van der Waals surface area contributed by atoms with E-state index in [0.29, 0.717) is 0 Å². The number of hydroxylamine groups is 2. The van der Waals surface area contributed by atoms with Gasteiger partial charge in [-0.2, -0.15) is 14.0 Å². The first kappa shape index (κ1) is 16.2. The van der Waals surface area contributed by atoms with E-state index in [1.54, 1.807) is 27.7 Å². The lowest BCUT2D eigenvalue weighted by molar-refractivity contribution is -0.128. The minimum Gasteiger partial charge on any atom is -0.302 e. The molecule has 0 saturated heterocycles. The zero-order valence-corrected chi connectivity index (χ0v) is 11.3. The Morgan fingerprint density at radius 1 is 1.00 bits per heavy atom. The third-order valence-corrected chi connectivity index (χ3v) is 3.50. The molecule has 0 aliphatic heterocycles. The van der Waals surface area contributed by atoms with Gasteiger partial charge in [0.15, 0.2) is 0 Å². The molecule has 0 bridgehead atoms. The molecular weight excluding hydrogens is 260 g/mol. The molecule has 16 heavy (non-hydrogen) atoms. The second-order valence-corrected chi connectivity index (χ2v) is 6.40. The van der Waals surface area contributed by atoms with Gasteiger partial charge in [-0.15, -0.1) is 0 Å². The van der Waals surface area contributed by atoms with Gasteiger partial charge in [-0.25, -0.2) is 9.13 Å². The van der Waals surface area contributed by atoms with Crippen LogP contribution in [0.3, 0.4) is 0 Å².